The van der Waals surface area contributed by atoms with Gasteiger partial charge in [-0.1, -0.05) is 11.6 Å². The van der Waals surface area contributed by atoms with Crippen LogP contribution in [0, 0.1) is 5.82 Å². The molecule has 0 saturated carbocycles. The number of rotatable bonds is 3. The number of halogens is 3. The van der Waals surface area contributed by atoms with Crippen LogP contribution in [0.4, 0.5) is 9.18 Å². The molecule has 0 aliphatic carbocycles. The van der Waals surface area contributed by atoms with Gasteiger partial charge in [0.15, 0.2) is 0 Å². The quantitative estimate of drug-likeness (QED) is 0.851. The molecule has 18 heavy (non-hydrogen) atoms. The molecule has 1 atom stereocenters. The smallest absolute Gasteiger partial charge is 0.318 e. The highest BCUT2D eigenvalue weighted by Crippen LogP contribution is 2.31. The Morgan fingerprint density at radius 3 is 2.83 bits per heavy atom. The minimum absolute atomic E-state index is 0.150. The standard InChI is InChI=1S/C12H13Cl2FN2O/c1-7(17-3-2-16-12(17)18)9-4-8(15)5-11(14)10(9)6-13/h4-5,7H,2-3,6H2,1H3,(H,16,18). The molecular weight excluding hydrogens is 278 g/mol. The maximum Gasteiger partial charge on any atom is 0.318 e. The molecule has 2 amide bonds. The molecule has 1 aromatic carbocycles. The van der Waals surface area contributed by atoms with Crippen molar-refractivity contribution in [3.05, 3.63) is 34.1 Å². The van der Waals surface area contributed by atoms with Gasteiger partial charge in [-0.05, 0) is 30.2 Å². The summed E-state index contributed by atoms with van der Waals surface area (Å²) in [6.07, 6.45) is 0. The number of alkyl halides is 1. The first kappa shape index (κ1) is 13.4. The summed E-state index contributed by atoms with van der Waals surface area (Å²) >= 11 is 11.8. The maximum atomic E-state index is 13.4. The minimum atomic E-state index is -0.421. The molecule has 1 aromatic rings. The van der Waals surface area contributed by atoms with Crippen LogP contribution >= 0.6 is 23.2 Å². The summed E-state index contributed by atoms with van der Waals surface area (Å²) in [4.78, 5) is 13.3. The van der Waals surface area contributed by atoms with Crippen LogP contribution in [0.15, 0.2) is 12.1 Å². The molecule has 0 spiro atoms. The molecule has 1 fully saturated rings. The Hall–Kier alpha value is -1.00. The van der Waals surface area contributed by atoms with Gasteiger partial charge < -0.3 is 10.2 Å². The average molecular weight is 291 g/mol. The second kappa shape index (κ2) is 5.33. The van der Waals surface area contributed by atoms with Gasteiger partial charge in [0.2, 0.25) is 0 Å². The van der Waals surface area contributed by atoms with E-state index in [2.05, 4.69) is 5.32 Å². The molecule has 6 heteroatoms. The van der Waals surface area contributed by atoms with E-state index in [1.807, 2.05) is 6.92 Å². The largest absolute Gasteiger partial charge is 0.336 e. The van der Waals surface area contributed by atoms with Gasteiger partial charge in [0.25, 0.3) is 0 Å². The Bertz CT molecular complexity index is 481. The zero-order valence-corrected chi connectivity index (χ0v) is 11.4. The molecule has 0 aromatic heterocycles. The van der Waals surface area contributed by atoms with Gasteiger partial charge >= 0.3 is 6.03 Å². The van der Waals surface area contributed by atoms with Crippen molar-refractivity contribution in [3.63, 3.8) is 0 Å². The number of hydrogen-bond donors (Lipinski definition) is 1. The van der Waals surface area contributed by atoms with Crippen molar-refractivity contribution in [2.24, 2.45) is 0 Å². The van der Waals surface area contributed by atoms with E-state index < -0.39 is 5.82 Å². The van der Waals surface area contributed by atoms with Crippen molar-refractivity contribution >= 4 is 29.2 Å². The first-order valence-corrected chi connectivity index (χ1v) is 6.54. The van der Waals surface area contributed by atoms with E-state index in [9.17, 15) is 9.18 Å². The lowest BCUT2D eigenvalue weighted by Crippen LogP contribution is -2.31. The maximum absolute atomic E-state index is 13.4. The number of hydrogen-bond acceptors (Lipinski definition) is 1. The van der Waals surface area contributed by atoms with Crippen molar-refractivity contribution in [2.45, 2.75) is 18.8 Å². The van der Waals surface area contributed by atoms with E-state index in [1.165, 1.54) is 12.1 Å². The predicted octanol–water partition coefficient (Wildman–Crippen LogP) is 3.30. The van der Waals surface area contributed by atoms with Crippen LogP contribution in [0.2, 0.25) is 5.02 Å². The normalized spacial score (nSPS) is 16.9. The molecule has 1 aliphatic heterocycles. The van der Waals surface area contributed by atoms with Crippen LogP contribution in [-0.2, 0) is 5.88 Å². The highest BCUT2D eigenvalue weighted by molar-refractivity contribution is 6.32. The lowest BCUT2D eigenvalue weighted by atomic mass is 10.0. The summed E-state index contributed by atoms with van der Waals surface area (Å²) in [5, 5.41) is 3.01. The van der Waals surface area contributed by atoms with Gasteiger partial charge in [0.05, 0.1) is 6.04 Å². The SMILES string of the molecule is CC(c1cc(F)cc(Cl)c1CCl)N1CCNC1=O. The fraction of sp³-hybridized carbons (Fsp3) is 0.417. The van der Waals surface area contributed by atoms with Crippen LogP contribution in [0.5, 0.6) is 0 Å². The highest BCUT2D eigenvalue weighted by Gasteiger charge is 2.27. The average Bonchev–Trinajstić information content (AvgIpc) is 2.73. The van der Waals surface area contributed by atoms with E-state index in [0.717, 1.165) is 0 Å². The van der Waals surface area contributed by atoms with Crippen LogP contribution in [-0.4, -0.2) is 24.0 Å². The second-order valence-electron chi connectivity index (χ2n) is 4.19. The van der Waals surface area contributed by atoms with Crippen molar-refractivity contribution in [1.29, 1.82) is 0 Å². The Morgan fingerprint density at radius 1 is 1.56 bits per heavy atom. The van der Waals surface area contributed by atoms with Gasteiger partial charge in [0, 0.05) is 24.0 Å². The predicted molar refractivity (Wildman–Crippen MR) is 69.5 cm³/mol. The minimum Gasteiger partial charge on any atom is -0.336 e. The number of nitrogens with one attached hydrogen (secondary N) is 1. The Kier molecular flexibility index (Phi) is 3.97. The molecule has 98 valence electrons. The third-order valence-corrected chi connectivity index (χ3v) is 3.74. The topological polar surface area (TPSA) is 32.3 Å². The number of carbonyl (C=O) groups excluding carboxylic acids is 1. The third kappa shape index (κ3) is 2.40. The molecule has 1 heterocycles. The van der Waals surface area contributed by atoms with Crippen molar-refractivity contribution in [1.82, 2.24) is 10.2 Å². The van der Waals surface area contributed by atoms with Crippen molar-refractivity contribution < 1.29 is 9.18 Å². The van der Waals surface area contributed by atoms with E-state index in [4.69, 9.17) is 23.2 Å². The summed E-state index contributed by atoms with van der Waals surface area (Å²) in [5.74, 6) is -0.232. The van der Waals surface area contributed by atoms with Crippen LogP contribution in [0.1, 0.15) is 24.1 Å². The molecule has 2 rings (SSSR count). The summed E-state index contributed by atoms with van der Waals surface area (Å²) < 4.78 is 13.4. The molecule has 1 aliphatic rings. The Labute approximate surface area is 115 Å². The highest BCUT2D eigenvalue weighted by atomic mass is 35.5. The summed E-state index contributed by atoms with van der Waals surface area (Å²) in [6, 6.07) is 2.22. The monoisotopic (exact) mass is 290 g/mol. The van der Waals surface area contributed by atoms with E-state index in [1.54, 1.807) is 4.90 Å². The molecule has 1 unspecified atom stereocenters. The Morgan fingerprint density at radius 2 is 2.28 bits per heavy atom. The van der Waals surface area contributed by atoms with Gasteiger partial charge in [-0.15, -0.1) is 11.6 Å². The summed E-state index contributed by atoms with van der Waals surface area (Å²) in [7, 11) is 0. The number of urea groups is 1. The molecule has 0 radical (unpaired) electrons. The third-order valence-electron chi connectivity index (χ3n) is 3.14. The molecular formula is C12H13Cl2FN2O. The van der Waals surface area contributed by atoms with E-state index in [-0.39, 0.29) is 18.0 Å². The number of benzene rings is 1. The van der Waals surface area contributed by atoms with Crippen molar-refractivity contribution in [2.75, 3.05) is 13.1 Å². The lowest BCUT2D eigenvalue weighted by Gasteiger charge is -2.25. The van der Waals surface area contributed by atoms with Crippen LogP contribution in [0.3, 0.4) is 0 Å². The second-order valence-corrected chi connectivity index (χ2v) is 4.86. The molecule has 1 N–H and O–H groups in total. The van der Waals surface area contributed by atoms with Gasteiger partial charge in [-0.25, -0.2) is 9.18 Å². The van der Waals surface area contributed by atoms with Gasteiger partial charge in [-0.3, -0.25) is 0 Å². The van der Waals surface area contributed by atoms with Gasteiger partial charge in [0.1, 0.15) is 5.82 Å². The first-order chi connectivity index (χ1) is 8.54. The number of nitrogens with zero attached hydrogens (tertiary/aromatic N) is 1. The van der Waals surface area contributed by atoms with Crippen molar-refractivity contribution in [3.8, 4) is 0 Å². The number of carbonyl (C=O) groups is 1. The van der Waals surface area contributed by atoms with Crippen LogP contribution in [0.25, 0.3) is 0 Å². The Balaban J connectivity index is 2.40. The molecule has 3 nitrogen and oxygen atoms in total. The summed E-state index contributed by atoms with van der Waals surface area (Å²) in [6.45, 7) is 3.03. The van der Waals surface area contributed by atoms with E-state index >= 15 is 0 Å². The fourth-order valence-electron chi connectivity index (χ4n) is 2.16. The zero-order chi connectivity index (χ0) is 13.3. The van der Waals surface area contributed by atoms with E-state index in [0.29, 0.717) is 29.2 Å². The summed E-state index contributed by atoms with van der Waals surface area (Å²) in [5.41, 5.74) is 1.33. The molecule has 1 saturated heterocycles. The zero-order valence-electron chi connectivity index (χ0n) is 9.84. The van der Waals surface area contributed by atoms with Gasteiger partial charge in [-0.2, -0.15) is 0 Å². The lowest BCUT2D eigenvalue weighted by molar-refractivity contribution is 0.202. The first-order valence-electron chi connectivity index (χ1n) is 5.63. The molecule has 0 bridgehead atoms. The van der Waals surface area contributed by atoms with Crippen LogP contribution < -0.4 is 5.32 Å². The number of amides is 2. The fourth-order valence-corrected chi connectivity index (χ4v) is 2.81.